The molecule has 0 aliphatic heterocycles. The molecule has 0 bridgehead atoms. The number of carbonyl (C=O) groups excluding carboxylic acids is 1. The van der Waals surface area contributed by atoms with Crippen LogP contribution in [0.2, 0.25) is 0 Å². The fourth-order valence-electron chi connectivity index (χ4n) is 2.64. The van der Waals surface area contributed by atoms with Gasteiger partial charge in [0.05, 0.1) is 13.0 Å². The molecule has 138 valence electrons. The van der Waals surface area contributed by atoms with Gasteiger partial charge in [-0.1, -0.05) is 12.1 Å². The Morgan fingerprint density at radius 2 is 1.56 bits per heavy atom. The lowest BCUT2D eigenvalue weighted by molar-refractivity contribution is -0.115. The quantitative estimate of drug-likeness (QED) is 0.610. The first kappa shape index (κ1) is 18.5. The topological polar surface area (TPSA) is 50.4 Å². The monoisotopic (exact) mass is 364 g/mol. The molecule has 0 saturated carbocycles. The molecule has 0 aliphatic carbocycles. The van der Waals surface area contributed by atoms with Crippen molar-refractivity contribution >= 4 is 23.0 Å². The van der Waals surface area contributed by atoms with E-state index in [0.29, 0.717) is 17.9 Å². The van der Waals surface area contributed by atoms with Crippen LogP contribution in [0.4, 0.5) is 21.5 Å². The van der Waals surface area contributed by atoms with Gasteiger partial charge in [-0.05, 0) is 73.2 Å². The molecule has 1 amide bonds. The lowest BCUT2D eigenvalue weighted by Crippen LogP contribution is -2.14. The van der Waals surface area contributed by atoms with E-state index in [4.69, 9.17) is 4.74 Å². The van der Waals surface area contributed by atoms with Crippen molar-refractivity contribution in [3.8, 4) is 5.75 Å². The maximum Gasteiger partial charge on any atom is 0.228 e. The number of hydrogen-bond donors (Lipinski definition) is 2. The van der Waals surface area contributed by atoms with E-state index in [9.17, 15) is 9.18 Å². The summed E-state index contributed by atoms with van der Waals surface area (Å²) in [4.78, 5) is 12.1. The van der Waals surface area contributed by atoms with Gasteiger partial charge in [-0.15, -0.1) is 0 Å². The minimum absolute atomic E-state index is 0.129. The second-order valence-electron chi connectivity index (χ2n) is 6.01. The standard InChI is InChI=1S/C22H21FN2O2/c1-2-27-21-12-10-19(11-13-21)24-18-6-8-20(9-7-18)25-22(26)15-16-4-3-5-17(23)14-16/h3-14,24H,2,15H2,1H3,(H,25,26). The summed E-state index contributed by atoms with van der Waals surface area (Å²) >= 11 is 0. The molecule has 3 rings (SSSR count). The zero-order chi connectivity index (χ0) is 19.1. The number of anilines is 3. The van der Waals surface area contributed by atoms with Crippen LogP contribution in [-0.2, 0) is 11.2 Å². The third-order valence-corrected chi connectivity index (χ3v) is 3.88. The molecule has 0 fully saturated rings. The second kappa shape index (κ2) is 8.85. The van der Waals surface area contributed by atoms with Crippen LogP contribution in [-0.4, -0.2) is 12.5 Å². The molecule has 0 unspecified atom stereocenters. The Kier molecular flexibility index (Phi) is 6.05. The number of amides is 1. The number of hydrogen-bond acceptors (Lipinski definition) is 3. The number of halogens is 1. The Morgan fingerprint density at radius 3 is 2.19 bits per heavy atom. The van der Waals surface area contributed by atoms with E-state index in [1.165, 1.54) is 12.1 Å². The predicted octanol–water partition coefficient (Wildman–Crippen LogP) is 5.15. The molecule has 0 saturated heterocycles. The van der Waals surface area contributed by atoms with E-state index < -0.39 is 0 Å². The molecule has 4 nitrogen and oxygen atoms in total. The Balaban J connectivity index is 1.55. The Morgan fingerprint density at radius 1 is 0.926 bits per heavy atom. The van der Waals surface area contributed by atoms with Gasteiger partial charge in [-0.2, -0.15) is 0 Å². The number of rotatable bonds is 7. The lowest BCUT2D eigenvalue weighted by Gasteiger charge is -2.10. The Hall–Kier alpha value is -3.34. The first-order valence-electron chi connectivity index (χ1n) is 8.76. The number of benzene rings is 3. The summed E-state index contributed by atoms with van der Waals surface area (Å²) in [6.07, 6.45) is 0.129. The number of ether oxygens (including phenoxy) is 1. The Labute approximate surface area is 158 Å². The molecule has 2 N–H and O–H groups in total. The highest BCUT2D eigenvalue weighted by Crippen LogP contribution is 2.21. The number of carbonyl (C=O) groups is 1. The highest BCUT2D eigenvalue weighted by molar-refractivity contribution is 5.92. The third-order valence-electron chi connectivity index (χ3n) is 3.88. The van der Waals surface area contributed by atoms with Crippen molar-refractivity contribution in [2.45, 2.75) is 13.3 Å². The molecule has 0 atom stereocenters. The molecule has 0 aromatic heterocycles. The van der Waals surface area contributed by atoms with Crippen molar-refractivity contribution < 1.29 is 13.9 Å². The summed E-state index contributed by atoms with van der Waals surface area (Å²) in [6.45, 7) is 2.59. The van der Waals surface area contributed by atoms with Crippen molar-refractivity contribution in [1.29, 1.82) is 0 Å². The molecule has 0 heterocycles. The van der Waals surface area contributed by atoms with Crippen LogP contribution < -0.4 is 15.4 Å². The molecule has 0 spiro atoms. The number of nitrogens with one attached hydrogen (secondary N) is 2. The zero-order valence-corrected chi connectivity index (χ0v) is 15.0. The van der Waals surface area contributed by atoms with Gasteiger partial charge in [0.2, 0.25) is 5.91 Å². The van der Waals surface area contributed by atoms with Crippen molar-refractivity contribution in [3.63, 3.8) is 0 Å². The van der Waals surface area contributed by atoms with Gasteiger partial charge in [0.1, 0.15) is 11.6 Å². The summed E-state index contributed by atoms with van der Waals surface area (Å²) in [5.41, 5.74) is 3.18. The molecular weight excluding hydrogens is 343 g/mol. The van der Waals surface area contributed by atoms with Crippen molar-refractivity contribution in [2.24, 2.45) is 0 Å². The van der Waals surface area contributed by atoms with Crippen LogP contribution in [0.25, 0.3) is 0 Å². The van der Waals surface area contributed by atoms with Crippen molar-refractivity contribution in [1.82, 2.24) is 0 Å². The first-order chi connectivity index (χ1) is 13.1. The minimum Gasteiger partial charge on any atom is -0.494 e. The molecule has 5 heteroatoms. The summed E-state index contributed by atoms with van der Waals surface area (Å²) in [5, 5.41) is 6.11. The van der Waals surface area contributed by atoms with Crippen LogP contribution in [0.5, 0.6) is 5.75 Å². The van der Waals surface area contributed by atoms with E-state index in [0.717, 1.165) is 17.1 Å². The van der Waals surface area contributed by atoms with E-state index in [1.54, 1.807) is 12.1 Å². The largest absolute Gasteiger partial charge is 0.494 e. The van der Waals surface area contributed by atoms with Gasteiger partial charge in [0.25, 0.3) is 0 Å². The van der Waals surface area contributed by atoms with Gasteiger partial charge in [-0.3, -0.25) is 4.79 Å². The summed E-state index contributed by atoms with van der Waals surface area (Å²) in [6, 6.07) is 21.2. The van der Waals surface area contributed by atoms with Crippen LogP contribution in [0.3, 0.4) is 0 Å². The third kappa shape index (κ3) is 5.57. The fraction of sp³-hybridized carbons (Fsp3) is 0.136. The molecule has 27 heavy (non-hydrogen) atoms. The van der Waals surface area contributed by atoms with Crippen molar-refractivity contribution in [3.05, 3.63) is 84.2 Å². The van der Waals surface area contributed by atoms with Crippen LogP contribution in [0.15, 0.2) is 72.8 Å². The smallest absolute Gasteiger partial charge is 0.228 e. The van der Waals surface area contributed by atoms with E-state index in [-0.39, 0.29) is 18.1 Å². The van der Waals surface area contributed by atoms with Gasteiger partial charge < -0.3 is 15.4 Å². The SMILES string of the molecule is CCOc1ccc(Nc2ccc(NC(=O)Cc3cccc(F)c3)cc2)cc1. The van der Waals surface area contributed by atoms with Crippen LogP contribution in [0, 0.1) is 5.82 Å². The maximum atomic E-state index is 13.2. The lowest BCUT2D eigenvalue weighted by atomic mass is 10.1. The molecule has 0 aliphatic rings. The average Bonchev–Trinajstić information content (AvgIpc) is 2.65. The molecular formula is C22H21FN2O2. The summed E-state index contributed by atoms with van der Waals surface area (Å²) < 4.78 is 18.6. The van der Waals surface area contributed by atoms with Crippen LogP contribution in [0.1, 0.15) is 12.5 Å². The highest BCUT2D eigenvalue weighted by atomic mass is 19.1. The normalized spacial score (nSPS) is 10.3. The average molecular weight is 364 g/mol. The van der Waals surface area contributed by atoms with E-state index in [2.05, 4.69) is 10.6 Å². The van der Waals surface area contributed by atoms with E-state index in [1.807, 2.05) is 55.5 Å². The Bertz CT molecular complexity index is 893. The molecule has 3 aromatic carbocycles. The fourth-order valence-corrected chi connectivity index (χ4v) is 2.64. The maximum absolute atomic E-state index is 13.2. The predicted molar refractivity (Wildman–Crippen MR) is 106 cm³/mol. The van der Waals surface area contributed by atoms with Gasteiger partial charge in [0, 0.05) is 17.1 Å². The summed E-state index contributed by atoms with van der Waals surface area (Å²) in [5.74, 6) is 0.303. The van der Waals surface area contributed by atoms with Gasteiger partial charge >= 0.3 is 0 Å². The highest BCUT2D eigenvalue weighted by Gasteiger charge is 2.05. The van der Waals surface area contributed by atoms with Gasteiger partial charge in [0.15, 0.2) is 0 Å². The van der Waals surface area contributed by atoms with Crippen LogP contribution >= 0.6 is 0 Å². The van der Waals surface area contributed by atoms with E-state index >= 15 is 0 Å². The molecule has 0 radical (unpaired) electrons. The minimum atomic E-state index is -0.343. The summed E-state index contributed by atoms with van der Waals surface area (Å²) in [7, 11) is 0. The molecule has 3 aromatic rings. The van der Waals surface area contributed by atoms with Crippen molar-refractivity contribution in [2.75, 3.05) is 17.2 Å². The second-order valence-corrected chi connectivity index (χ2v) is 6.01. The first-order valence-corrected chi connectivity index (χ1v) is 8.76. The zero-order valence-electron chi connectivity index (χ0n) is 15.0. The van der Waals surface area contributed by atoms with Gasteiger partial charge in [-0.25, -0.2) is 4.39 Å².